The monoisotopic (exact) mass is 264 g/mol. The quantitative estimate of drug-likeness (QED) is 0.910. The average Bonchev–Trinajstić information content (AvgIpc) is 2.42. The van der Waals surface area contributed by atoms with Gasteiger partial charge < -0.3 is 10.2 Å². The molecule has 1 aromatic carbocycles. The molecule has 0 atom stereocenters. The molecule has 0 spiro atoms. The Morgan fingerprint density at radius 3 is 2.42 bits per heavy atom. The van der Waals surface area contributed by atoms with E-state index >= 15 is 0 Å². The molecule has 0 aromatic heterocycles. The van der Waals surface area contributed by atoms with Crippen molar-refractivity contribution in [1.29, 1.82) is 0 Å². The van der Waals surface area contributed by atoms with Crippen molar-refractivity contribution < 1.29 is 9.18 Å². The molecular formula is C15H21FN2O. The second kappa shape index (κ2) is 5.70. The second-order valence-corrected chi connectivity index (χ2v) is 5.34. The predicted octanol–water partition coefficient (Wildman–Crippen LogP) is 2.57. The van der Waals surface area contributed by atoms with Crippen molar-refractivity contribution in [2.45, 2.75) is 26.7 Å². The van der Waals surface area contributed by atoms with Crippen molar-refractivity contribution in [1.82, 2.24) is 5.32 Å². The van der Waals surface area contributed by atoms with Crippen LogP contribution in [-0.2, 0) is 4.79 Å². The smallest absolute Gasteiger partial charge is 0.233 e. The molecule has 0 bridgehead atoms. The van der Waals surface area contributed by atoms with E-state index in [1.165, 1.54) is 12.1 Å². The zero-order valence-corrected chi connectivity index (χ0v) is 11.6. The molecule has 1 aliphatic heterocycles. The predicted molar refractivity (Wildman–Crippen MR) is 74.6 cm³/mol. The number of carbonyl (C=O) groups excluding carboxylic acids is 1. The molecular weight excluding hydrogens is 243 g/mol. The summed E-state index contributed by atoms with van der Waals surface area (Å²) < 4.78 is 13.0. The molecule has 1 saturated heterocycles. The normalized spacial score (nSPS) is 18.1. The van der Waals surface area contributed by atoms with Gasteiger partial charge in [0, 0.05) is 17.6 Å². The van der Waals surface area contributed by atoms with E-state index < -0.39 is 0 Å². The lowest BCUT2D eigenvalue weighted by molar-refractivity contribution is -0.128. The Hall–Kier alpha value is -1.42. The highest BCUT2D eigenvalue weighted by Crippen LogP contribution is 2.32. The van der Waals surface area contributed by atoms with Crippen LogP contribution in [0, 0.1) is 11.2 Å². The standard InChI is InChI=1S/C15H21FN2O/c1-3-18(13-6-4-12(16)5-7-13)14(19)15(2)8-10-17-11-9-15/h4-7,17H,3,8-11H2,1-2H3. The molecule has 1 amide bonds. The van der Waals surface area contributed by atoms with Crippen LogP contribution < -0.4 is 10.2 Å². The Morgan fingerprint density at radius 2 is 1.89 bits per heavy atom. The SMILES string of the molecule is CCN(C(=O)C1(C)CCNCC1)c1ccc(F)cc1. The number of amides is 1. The van der Waals surface area contributed by atoms with Gasteiger partial charge in [0.15, 0.2) is 0 Å². The number of anilines is 1. The Kier molecular flexibility index (Phi) is 4.20. The van der Waals surface area contributed by atoms with Crippen LogP contribution in [0.5, 0.6) is 0 Å². The molecule has 1 fully saturated rings. The first kappa shape index (κ1) is 14.0. The molecule has 19 heavy (non-hydrogen) atoms. The largest absolute Gasteiger partial charge is 0.317 e. The van der Waals surface area contributed by atoms with Crippen molar-refractivity contribution in [3.05, 3.63) is 30.1 Å². The number of rotatable bonds is 3. The Morgan fingerprint density at radius 1 is 1.32 bits per heavy atom. The number of carbonyl (C=O) groups is 1. The average molecular weight is 264 g/mol. The lowest BCUT2D eigenvalue weighted by Crippen LogP contribution is -2.47. The minimum atomic E-state index is -0.310. The molecule has 1 N–H and O–H groups in total. The Labute approximate surface area is 113 Å². The molecule has 1 aliphatic rings. The third kappa shape index (κ3) is 2.95. The third-order valence-corrected chi connectivity index (χ3v) is 3.92. The second-order valence-electron chi connectivity index (χ2n) is 5.34. The van der Waals surface area contributed by atoms with Crippen molar-refractivity contribution >= 4 is 11.6 Å². The van der Waals surface area contributed by atoms with Crippen LogP contribution in [0.1, 0.15) is 26.7 Å². The van der Waals surface area contributed by atoms with Gasteiger partial charge in [-0.25, -0.2) is 4.39 Å². The fourth-order valence-corrected chi connectivity index (χ4v) is 2.58. The molecule has 3 nitrogen and oxygen atoms in total. The molecule has 0 aliphatic carbocycles. The van der Waals surface area contributed by atoms with Gasteiger partial charge in [-0.05, 0) is 57.1 Å². The van der Waals surface area contributed by atoms with Crippen LogP contribution in [0.4, 0.5) is 10.1 Å². The summed E-state index contributed by atoms with van der Waals surface area (Å²) in [4.78, 5) is 14.5. The Balaban J connectivity index is 2.21. The number of halogens is 1. The van der Waals surface area contributed by atoms with Crippen LogP contribution in [0.3, 0.4) is 0 Å². The van der Waals surface area contributed by atoms with Gasteiger partial charge in [-0.2, -0.15) is 0 Å². The van der Waals surface area contributed by atoms with Gasteiger partial charge in [0.05, 0.1) is 0 Å². The number of nitrogens with zero attached hydrogens (tertiary/aromatic N) is 1. The first-order chi connectivity index (χ1) is 9.07. The fourth-order valence-electron chi connectivity index (χ4n) is 2.58. The molecule has 0 saturated carbocycles. The van der Waals surface area contributed by atoms with E-state index in [9.17, 15) is 9.18 Å². The molecule has 0 radical (unpaired) electrons. The molecule has 0 unspecified atom stereocenters. The zero-order chi connectivity index (χ0) is 13.9. The van der Waals surface area contributed by atoms with Crippen molar-refractivity contribution in [2.24, 2.45) is 5.41 Å². The summed E-state index contributed by atoms with van der Waals surface area (Å²) >= 11 is 0. The van der Waals surface area contributed by atoms with E-state index in [0.717, 1.165) is 31.6 Å². The van der Waals surface area contributed by atoms with Gasteiger partial charge in [0.25, 0.3) is 0 Å². The van der Waals surface area contributed by atoms with Crippen LogP contribution in [0.15, 0.2) is 24.3 Å². The van der Waals surface area contributed by atoms with Crippen molar-refractivity contribution in [2.75, 3.05) is 24.5 Å². The van der Waals surface area contributed by atoms with Crippen LogP contribution in [0.25, 0.3) is 0 Å². The molecule has 104 valence electrons. The summed E-state index contributed by atoms with van der Waals surface area (Å²) in [5.41, 5.74) is 0.462. The van der Waals surface area contributed by atoms with Crippen LogP contribution in [-0.4, -0.2) is 25.5 Å². The summed E-state index contributed by atoms with van der Waals surface area (Å²) in [5, 5.41) is 3.28. The molecule has 1 heterocycles. The van der Waals surface area contributed by atoms with Gasteiger partial charge in [-0.1, -0.05) is 6.92 Å². The molecule has 1 aromatic rings. The van der Waals surface area contributed by atoms with Gasteiger partial charge in [-0.3, -0.25) is 4.79 Å². The van der Waals surface area contributed by atoms with E-state index in [1.54, 1.807) is 17.0 Å². The highest BCUT2D eigenvalue weighted by Gasteiger charge is 2.37. The van der Waals surface area contributed by atoms with Gasteiger partial charge in [-0.15, -0.1) is 0 Å². The summed E-state index contributed by atoms with van der Waals surface area (Å²) in [6, 6.07) is 6.13. The first-order valence-corrected chi connectivity index (χ1v) is 6.85. The van der Waals surface area contributed by atoms with Gasteiger partial charge in [0.2, 0.25) is 5.91 Å². The van der Waals surface area contributed by atoms with Crippen LogP contribution >= 0.6 is 0 Å². The summed E-state index contributed by atoms with van der Waals surface area (Å²) in [6.45, 7) is 6.34. The zero-order valence-electron chi connectivity index (χ0n) is 11.6. The van der Waals surface area contributed by atoms with E-state index in [-0.39, 0.29) is 17.1 Å². The summed E-state index contributed by atoms with van der Waals surface area (Å²) in [6.07, 6.45) is 1.70. The van der Waals surface area contributed by atoms with Crippen molar-refractivity contribution in [3.8, 4) is 0 Å². The van der Waals surface area contributed by atoms with E-state index in [0.29, 0.717) is 6.54 Å². The third-order valence-electron chi connectivity index (χ3n) is 3.92. The number of benzene rings is 1. The minimum absolute atomic E-state index is 0.142. The topological polar surface area (TPSA) is 32.3 Å². The maximum absolute atomic E-state index is 13.0. The highest BCUT2D eigenvalue weighted by atomic mass is 19.1. The Bertz CT molecular complexity index is 438. The van der Waals surface area contributed by atoms with Crippen molar-refractivity contribution in [3.63, 3.8) is 0 Å². The van der Waals surface area contributed by atoms with E-state index in [2.05, 4.69) is 5.32 Å². The minimum Gasteiger partial charge on any atom is -0.317 e. The van der Waals surface area contributed by atoms with E-state index in [4.69, 9.17) is 0 Å². The first-order valence-electron chi connectivity index (χ1n) is 6.85. The number of hydrogen-bond donors (Lipinski definition) is 1. The maximum atomic E-state index is 13.0. The lowest BCUT2D eigenvalue weighted by atomic mass is 9.79. The number of nitrogens with one attached hydrogen (secondary N) is 1. The fraction of sp³-hybridized carbons (Fsp3) is 0.533. The molecule has 4 heteroatoms. The number of piperidine rings is 1. The summed E-state index contributed by atoms with van der Waals surface area (Å²) in [7, 11) is 0. The highest BCUT2D eigenvalue weighted by molar-refractivity contribution is 5.97. The van der Waals surface area contributed by atoms with Gasteiger partial charge in [0.1, 0.15) is 5.82 Å². The lowest BCUT2D eigenvalue weighted by Gasteiger charge is -2.37. The maximum Gasteiger partial charge on any atom is 0.233 e. The molecule has 2 rings (SSSR count). The van der Waals surface area contributed by atoms with Gasteiger partial charge >= 0.3 is 0 Å². The number of hydrogen-bond acceptors (Lipinski definition) is 2. The van der Waals surface area contributed by atoms with E-state index in [1.807, 2.05) is 13.8 Å². The summed E-state index contributed by atoms with van der Waals surface area (Å²) in [5.74, 6) is -0.136. The van der Waals surface area contributed by atoms with Crippen LogP contribution in [0.2, 0.25) is 0 Å².